The number of aliphatic hydroxyl groups is 2. The molecule has 0 aromatic heterocycles. The third-order valence-electron chi connectivity index (χ3n) is 15.5. The van der Waals surface area contributed by atoms with Crippen molar-refractivity contribution in [2.45, 2.75) is 362 Å². The highest BCUT2D eigenvalue weighted by molar-refractivity contribution is 7.80. The Kier molecular flexibility index (Phi) is 52.5. The molecule has 3 nitrogen and oxygen atoms in total. The molecule has 0 fully saturated rings. The van der Waals surface area contributed by atoms with Crippen LogP contribution in [-0.2, 0) is 4.74 Å². The molecule has 0 aliphatic carbocycles. The van der Waals surface area contributed by atoms with Gasteiger partial charge in [0.25, 0.3) is 0 Å². The highest BCUT2D eigenvalue weighted by Crippen LogP contribution is 2.40. The Balaban J connectivity index is 4.96. The fourth-order valence-electron chi connectivity index (χ4n) is 10.4. The Bertz CT molecular complexity index is 896. The number of ether oxygens (including phenoxy) is 1. The molecule has 0 heterocycles. The van der Waals surface area contributed by atoms with Crippen LogP contribution in [0.3, 0.4) is 0 Å². The van der Waals surface area contributed by atoms with Gasteiger partial charge in [0, 0.05) is 10.8 Å². The molecular formula is C62H124O3S. The summed E-state index contributed by atoms with van der Waals surface area (Å²) in [5.74, 6) is 0. The standard InChI is InChI=1S/C62H124O3S/c1-5-8-11-14-17-20-23-26-29-32-35-38-41-44-47-50-53-56-62(60(66)65-59-61(4,57-63)58-64,54-51-48-45-42-39-36-33-30-27-24-21-18-15-12-9-6-2)55-52-49-46-43-40-37-34-31-28-25-22-19-16-13-10-7-3/h63-64H,5-59H2,1-4H3. The molecule has 0 unspecified atom stereocenters. The van der Waals surface area contributed by atoms with E-state index in [2.05, 4.69) is 20.8 Å². The third-order valence-corrected chi connectivity index (χ3v) is 16.1. The summed E-state index contributed by atoms with van der Waals surface area (Å²) in [5, 5.41) is 21.0. The van der Waals surface area contributed by atoms with Crippen molar-refractivity contribution < 1.29 is 14.9 Å². The second-order valence-corrected chi connectivity index (χ2v) is 22.9. The van der Waals surface area contributed by atoms with E-state index in [-0.39, 0.29) is 18.6 Å². The minimum absolute atomic E-state index is 0.0668. The molecule has 0 radical (unpaired) electrons. The molecule has 0 aromatic carbocycles. The quantitative estimate of drug-likeness (QED) is 0.0471. The Morgan fingerprint density at radius 1 is 0.303 bits per heavy atom. The molecule has 0 atom stereocenters. The van der Waals surface area contributed by atoms with Crippen LogP contribution < -0.4 is 0 Å². The van der Waals surface area contributed by atoms with Gasteiger partial charge >= 0.3 is 0 Å². The Labute approximate surface area is 422 Å². The van der Waals surface area contributed by atoms with Crippen molar-refractivity contribution in [2.24, 2.45) is 10.8 Å². The summed E-state index contributed by atoms with van der Waals surface area (Å²) < 4.78 is 6.51. The summed E-state index contributed by atoms with van der Waals surface area (Å²) in [6.45, 7) is 8.97. The average Bonchev–Trinajstić information content (AvgIpc) is 3.33. The highest BCUT2D eigenvalue weighted by Gasteiger charge is 2.36. The summed E-state index contributed by atoms with van der Waals surface area (Å²) >= 11 is 6.30. The zero-order valence-corrected chi connectivity index (χ0v) is 46.9. The second kappa shape index (κ2) is 52.6. The smallest absolute Gasteiger partial charge is 0.165 e. The maximum absolute atomic E-state index is 10.1. The van der Waals surface area contributed by atoms with Gasteiger partial charge in [-0.3, -0.25) is 0 Å². The van der Waals surface area contributed by atoms with Crippen molar-refractivity contribution in [3.05, 3.63) is 0 Å². The predicted octanol–water partition coefficient (Wildman–Crippen LogP) is 21.7. The van der Waals surface area contributed by atoms with Gasteiger partial charge in [-0.1, -0.05) is 342 Å². The minimum Gasteiger partial charge on any atom is -0.486 e. The van der Waals surface area contributed by atoms with E-state index in [4.69, 9.17) is 17.0 Å². The van der Waals surface area contributed by atoms with Gasteiger partial charge in [0.2, 0.25) is 0 Å². The van der Waals surface area contributed by atoms with Crippen LogP contribution >= 0.6 is 12.2 Å². The van der Waals surface area contributed by atoms with Crippen molar-refractivity contribution in [3.8, 4) is 0 Å². The molecule has 0 saturated carbocycles. The van der Waals surface area contributed by atoms with Gasteiger partial charge in [-0.15, -0.1) is 0 Å². The zero-order valence-electron chi connectivity index (χ0n) is 46.1. The van der Waals surface area contributed by atoms with E-state index in [9.17, 15) is 10.2 Å². The lowest BCUT2D eigenvalue weighted by Gasteiger charge is -2.36. The van der Waals surface area contributed by atoms with Gasteiger partial charge in [0.05, 0.1) is 19.8 Å². The molecule has 0 aliphatic rings. The second-order valence-electron chi connectivity index (χ2n) is 22.5. The van der Waals surface area contributed by atoms with E-state index >= 15 is 0 Å². The molecule has 0 bridgehead atoms. The molecule has 0 spiro atoms. The monoisotopic (exact) mass is 949 g/mol. The largest absolute Gasteiger partial charge is 0.486 e. The van der Waals surface area contributed by atoms with E-state index in [1.807, 2.05) is 6.92 Å². The molecule has 0 aliphatic heterocycles. The van der Waals surface area contributed by atoms with Gasteiger partial charge in [-0.2, -0.15) is 0 Å². The first kappa shape index (κ1) is 65.8. The van der Waals surface area contributed by atoms with E-state index in [0.29, 0.717) is 6.61 Å². The number of thiocarbonyl (C=S) groups is 1. The first-order valence-corrected chi connectivity index (χ1v) is 31.2. The van der Waals surface area contributed by atoms with Crippen LogP contribution in [0.1, 0.15) is 362 Å². The molecule has 4 heteroatoms. The maximum Gasteiger partial charge on any atom is 0.165 e. The normalized spacial score (nSPS) is 12.2. The number of rotatable bonds is 57. The summed E-state index contributed by atoms with van der Waals surface area (Å²) in [4.78, 5) is 0. The Morgan fingerprint density at radius 3 is 0.636 bits per heavy atom. The number of unbranched alkanes of at least 4 members (excludes halogenated alkanes) is 46. The Hall–Kier alpha value is -0.190. The summed E-state index contributed by atoms with van der Waals surface area (Å²) in [6, 6.07) is 0. The summed E-state index contributed by atoms with van der Waals surface area (Å²) in [7, 11) is 0. The topological polar surface area (TPSA) is 49.7 Å². The highest BCUT2D eigenvalue weighted by atomic mass is 32.1. The molecule has 2 N–H and O–H groups in total. The van der Waals surface area contributed by atoms with Gasteiger partial charge in [0.1, 0.15) is 0 Å². The molecule has 0 amide bonds. The molecule has 396 valence electrons. The number of hydrogen-bond donors (Lipinski definition) is 2. The fourth-order valence-corrected chi connectivity index (χ4v) is 10.8. The van der Waals surface area contributed by atoms with E-state index < -0.39 is 5.41 Å². The van der Waals surface area contributed by atoms with Crippen molar-refractivity contribution in [2.75, 3.05) is 19.8 Å². The van der Waals surface area contributed by atoms with Gasteiger partial charge in [-0.05, 0) is 31.5 Å². The van der Waals surface area contributed by atoms with E-state index in [1.54, 1.807) is 0 Å². The van der Waals surface area contributed by atoms with Crippen LogP contribution in [0.4, 0.5) is 0 Å². The van der Waals surface area contributed by atoms with Gasteiger partial charge < -0.3 is 14.9 Å². The number of aliphatic hydroxyl groups excluding tert-OH is 2. The minimum atomic E-state index is -0.661. The van der Waals surface area contributed by atoms with Crippen LogP contribution in [0.5, 0.6) is 0 Å². The molecule has 0 saturated heterocycles. The number of hydrogen-bond acceptors (Lipinski definition) is 4. The van der Waals surface area contributed by atoms with E-state index in [1.165, 1.54) is 315 Å². The van der Waals surface area contributed by atoms with Crippen molar-refractivity contribution >= 4 is 17.3 Å². The van der Waals surface area contributed by atoms with Crippen molar-refractivity contribution in [1.82, 2.24) is 0 Å². The molecular weight excluding hydrogens is 825 g/mol. The van der Waals surface area contributed by atoms with Crippen LogP contribution in [0.15, 0.2) is 0 Å². The van der Waals surface area contributed by atoms with Gasteiger partial charge in [0.15, 0.2) is 5.05 Å². The van der Waals surface area contributed by atoms with E-state index in [0.717, 1.165) is 24.3 Å². The lowest BCUT2D eigenvalue weighted by molar-refractivity contribution is 0.0198. The van der Waals surface area contributed by atoms with Crippen LogP contribution in [0.25, 0.3) is 0 Å². The summed E-state index contributed by atoms with van der Waals surface area (Å²) in [5.41, 5.74) is -0.727. The van der Waals surface area contributed by atoms with Crippen LogP contribution in [0, 0.1) is 10.8 Å². The lowest BCUT2D eigenvalue weighted by Crippen LogP contribution is -2.38. The average molecular weight is 950 g/mol. The molecule has 66 heavy (non-hydrogen) atoms. The third kappa shape index (κ3) is 43.8. The van der Waals surface area contributed by atoms with Crippen LogP contribution in [0.2, 0.25) is 0 Å². The SMILES string of the molecule is CCCCCCCCCCCCCCCCCCCC(CCCCCCCCCCCCCCCCCC)(CCCCCCCCCCCCCCCCCC)C(=S)OCC(C)(CO)CO. The van der Waals surface area contributed by atoms with Gasteiger partial charge in [-0.25, -0.2) is 0 Å². The fraction of sp³-hybridized carbons (Fsp3) is 0.984. The lowest BCUT2D eigenvalue weighted by atomic mass is 9.74. The predicted molar refractivity (Wildman–Crippen MR) is 300 cm³/mol. The first-order chi connectivity index (χ1) is 32.4. The summed E-state index contributed by atoms with van der Waals surface area (Å²) in [6.07, 6.45) is 71.8. The zero-order chi connectivity index (χ0) is 48.2. The Morgan fingerprint density at radius 2 is 0.470 bits per heavy atom. The van der Waals surface area contributed by atoms with Crippen LogP contribution in [-0.4, -0.2) is 35.1 Å². The van der Waals surface area contributed by atoms with Crippen molar-refractivity contribution in [1.29, 1.82) is 0 Å². The van der Waals surface area contributed by atoms with Crippen molar-refractivity contribution in [3.63, 3.8) is 0 Å². The molecule has 0 aromatic rings. The maximum atomic E-state index is 10.1. The first-order valence-electron chi connectivity index (χ1n) is 30.8. The molecule has 0 rings (SSSR count).